The fourth-order valence-corrected chi connectivity index (χ4v) is 4.74. The van der Waals surface area contributed by atoms with Crippen molar-refractivity contribution in [3.05, 3.63) is 23.5 Å². The summed E-state index contributed by atoms with van der Waals surface area (Å²) in [7, 11) is 0. The molecule has 31 heavy (non-hydrogen) atoms. The van der Waals surface area contributed by atoms with Gasteiger partial charge in [-0.1, -0.05) is 0 Å². The molecule has 164 valence electrons. The van der Waals surface area contributed by atoms with Crippen LogP contribution < -0.4 is 39.5 Å². The fourth-order valence-electron chi connectivity index (χ4n) is 4.74. The van der Waals surface area contributed by atoms with Crippen LogP contribution in [0.1, 0.15) is 50.4 Å². The van der Waals surface area contributed by atoms with E-state index in [1.165, 1.54) is 12.1 Å². The smallest absolute Gasteiger partial charge is 0.545 e. The van der Waals surface area contributed by atoms with Gasteiger partial charge in [0.25, 0.3) is 0 Å². The standard InChI is InChI=1S/C21H28FN3O5.Li/c1-19(2,3)30-18(28)24-21-10-20(11-21,12-21)23-15-9-14(22)16(8-13(15)17(26)27)25-4-6-29-7-5-25;/h8-9,23H,4-7,10-12H2,1-3H3,(H,24,28)(H,26,27);/q;+1/p-1. The maximum atomic E-state index is 14.8. The second-order valence-electron chi connectivity index (χ2n) is 9.58. The molecule has 4 fully saturated rings. The quantitative estimate of drug-likeness (QED) is 0.560. The van der Waals surface area contributed by atoms with Gasteiger partial charge in [-0.2, -0.15) is 0 Å². The van der Waals surface area contributed by atoms with Gasteiger partial charge in [-0.15, -0.1) is 0 Å². The molecule has 1 aromatic rings. The Labute approximate surface area is 193 Å². The zero-order chi connectivity index (χ0) is 21.7. The number of nitrogens with zero attached hydrogens (tertiary/aromatic N) is 1. The third kappa shape index (κ3) is 4.79. The molecule has 1 saturated heterocycles. The number of carbonyl (C=O) groups is 2. The van der Waals surface area contributed by atoms with Crippen LogP contribution in [-0.4, -0.2) is 55.0 Å². The third-order valence-electron chi connectivity index (χ3n) is 5.85. The summed E-state index contributed by atoms with van der Waals surface area (Å²) in [5, 5.41) is 17.8. The number of benzene rings is 1. The maximum absolute atomic E-state index is 14.8. The molecule has 1 heterocycles. The number of ether oxygens (including phenoxy) is 2. The molecule has 1 aromatic carbocycles. The Balaban J connectivity index is 0.00000272. The first kappa shape index (κ1) is 23.7. The molecule has 8 nitrogen and oxygen atoms in total. The van der Waals surface area contributed by atoms with E-state index in [2.05, 4.69) is 10.6 Å². The van der Waals surface area contributed by atoms with E-state index in [0.29, 0.717) is 45.6 Å². The summed E-state index contributed by atoms with van der Waals surface area (Å²) in [6.45, 7) is 7.33. The van der Waals surface area contributed by atoms with Crippen LogP contribution in [0.15, 0.2) is 12.1 Å². The first-order valence-electron chi connectivity index (χ1n) is 10.2. The molecular weight excluding hydrogens is 400 g/mol. The van der Waals surface area contributed by atoms with Crippen molar-refractivity contribution >= 4 is 23.4 Å². The number of amides is 1. The van der Waals surface area contributed by atoms with Crippen molar-refractivity contribution in [2.75, 3.05) is 36.5 Å². The van der Waals surface area contributed by atoms with Crippen LogP contribution >= 0.6 is 0 Å². The maximum Gasteiger partial charge on any atom is 1.00 e. The van der Waals surface area contributed by atoms with Crippen molar-refractivity contribution in [3.8, 4) is 0 Å². The van der Waals surface area contributed by atoms with Gasteiger partial charge in [-0.25, -0.2) is 9.18 Å². The van der Waals surface area contributed by atoms with Crippen LogP contribution in [0.4, 0.5) is 20.6 Å². The third-order valence-corrected chi connectivity index (χ3v) is 5.85. The van der Waals surface area contributed by atoms with Gasteiger partial charge in [0.05, 0.1) is 30.4 Å². The molecule has 5 rings (SSSR count). The summed E-state index contributed by atoms with van der Waals surface area (Å²) in [6, 6.07) is 2.56. The van der Waals surface area contributed by atoms with E-state index in [1.54, 1.807) is 25.7 Å². The van der Waals surface area contributed by atoms with Crippen molar-refractivity contribution in [2.45, 2.75) is 56.7 Å². The van der Waals surface area contributed by atoms with E-state index < -0.39 is 23.5 Å². The number of nitrogens with one attached hydrogen (secondary N) is 2. The van der Waals surface area contributed by atoms with Gasteiger partial charge < -0.3 is 34.9 Å². The summed E-state index contributed by atoms with van der Waals surface area (Å²) in [6.07, 6.45) is 1.41. The van der Waals surface area contributed by atoms with E-state index >= 15 is 0 Å². The number of alkyl carbamates (subject to hydrolysis) is 1. The molecule has 0 atom stereocenters. The molecule has 2 N–H and O–H groups in total. The van der Waals surface area contributed by atoms with Gasteiger partial charge in [0.1, 0.15) is 11.4 Å². The Morgan fingerprint density at radius 1 is 1.16 bits per heavy atom. The number of carbonyl (C=O) groups excluding carboxylic acids is 2. The number of carboxylic acid groups (broad SMARTS) is 1. The van der Waals surface area contributed by atoms with E-state index in [-0.39, 0.29) is 46.9 Å². The number of hydrogen-bond donors (Lipinski definition) is 2. The average molecular weight is 427 g/mol. The molecule has 4 aliphatic rings. The Morgan fingerprint density at radius 2 is 1.77 bits per heavy atom. The summed E-state index contributed by atoms with van der Waals surface area (Å²) < 4.78 is 25.4. The fraction of sp³-hybridized carbons (Fsp3) is 0.619. The zero-order valence-corrected chi connectivity index (χ0v) is 18.5. The topological polar surface area (TPSA) is 103 Å². The van der Waals surface area contributed by atoms with Gasteiger partial charge in [0, 0.05) is 29.9 Å². The van der Waals surface area contributed by atoms with Crippen molar-refractivity contribution < 1.29 is 47.4 Å². The molecule has 0 spiro atoms. The minimum atomic E-state index is -1.36. The minimum absolute atomic E-state index is 0. The van der Waals surface area contributed by atoms with E-state index in [1.807, 2.05) is 0 Å². The number of aromatic carboxylic acids is 1. The van der Waals surface area contributed by atoms with Crippen LogP contribution in [0.2, 0.25) is 0 Å². The Hall–Kier alpha value is -1.95. The van der Waals surface area contributed by atoms with Crippen LogP contribution in [0.3, 0.4) is 0 Å². The molecule has 2 bridgehead atoms. The summed E-state index contributed by atoms with van der Waals surface area (Å²) >= 11 is 0. The van der Waals surface area contributed by atoms with E-state index in [4.69, 9.17) is 9.47 Å². The molecular formula is C21H27FLiN3O5. The molecule has 1 amide bonds. The van der Waals surface area contributed by atoms with E-state index in [0.717, 1.165) is 0 Å². The Bertz CT molecular complexity index is 863. The SMILES string of the molecule is CC(C)(C)OC(=O)NC12CC(Nc3cc(F)c(N4CCOCC4)cc3C(=O)[O-])(C1)C2.[Li+]. The number of morpholine rings is 1. The molecule has 3 saturated carbocycles. The van der Waals surface area contributed by atoms with Gasteiger partial charge in [-0.3, -0.25) is 0 Å². The molecule has 0 unspecified atom stereocenters. The largest absolute Gasteiger partial charge is 1.00 e. The molecule has 1 aliphatic heterocycles. The summed E-state index contributed by atoms with van der Waals surface area (Å²) in [5.74, 6) is -1.85. The summed E-state index contributed by atoms with van der Waals surface area (Å²) in [5.41, 5.74) is -0.905. The van der Waals surface area contributed by atoms with Crippen molar-refractivity contribution in [1.29, 1.82) is 0 Å². The monoisotopic (exact) mass is 427 g/mol. The Morgan fingerprint density at radius 3 is 2.32 bits per heavy atom. The molecule has 10 heteroatoms. The van der Waals surface area contributed by atoms with Crippen molar-refractivity contribution in [2.24, 2.45) is 0 Å². The molecule has 3 aliphatic carbocycles. The number of halogens is 1. The van der Waals surface area contributed by atoms with Crippen LogP contribution in [0.5, 0.6) is 0 Å². The first-order valence-corrected chi connectivity index (χ1v) is 10.2. The molecule has 0 aromatic heterocycles. The summed E-state index contributed by atoms with van der Waals surface area (Å²) in [4.78, 5) is 25.5. The normalized spacial score (nSPS) is 26.6. The van der Waals surface area contributed by atoms with Crippen LogP contribution in [0.25, 0.3) is 0 Å². The van der Waals surface area contributed by atoms with Gasteiger partial charge in [-0.05, 0) is 52.2 Å². The zero-order valence-electron chi connectivity index (χ0n) is 18.5. The number of carboxylic acids is 1. The van der Waals surface area contributed by atoms with Gasteiger partial charge in [0.2, 0.25) is 0 Å². The average Bonchev–Trinajstić information content (AvgIpc) is 2.57. The first-order chi connectivity index (χ1) is 14.0. The van der Waals surface area contributed by atoms with Gasteiger partial charge >= 0.3 is 25.0 Å². The minimum Gasteiger partial charge on any atom is -0.545 e. The second kappa shape index (κ2) is 8.19. The Kier molecular flexibility index (Phi) is 6.26. The van der Waals surface area contributed by atoms with Crippen molar-refractivity contribution in [1.82, 2.24) is 5.32 Å². The van der Waals surface area contributed by atoms with Gasteiger partial charge in [0.15, 0.2) is 0 Å². The van der Waals surface area contributed by atoms with Crippen LogP contribution in [-0.2, 0) is 9.47 Å². The van der Waals surface area contributed by atoms with E-state index in [9.17, 15) is 19.1 Å². The number of anilines is 2. The number of rotatable bonds is 5. The number of hydrogen-bond acceptors (Lipinski definition) is 7. The van der Waals surface area contributed by atoms with Crippen LogP contribution in [0, 0.1) is 5.82 Å². The predicted molar refractivity (Wildman–Crippen MR) is 106 cm³/mol. The molecule has 0 radical (unpaired) electrons. The second-order valence-corrected chi connectivity index (χ2v) is 9.58. The predicted octanol–water partition coefficient (Wildman–Crippen LogP) is -1.36. The van der Waals surface area contributed by atoms with Crippen molar-refractivity contribution in [3.63, 3.8) is 0 Å².